The lowest BCUT2D eigenvalue weighted by molar-refractivity contribution is -0.207. The van der Waals surface area contributed by atoms with Gasteiger partial charge in [0.05, 0.1) is 5.60 Å². The van der Waals surface area contributed by atoms with Crippen LogP contribution >= 0.6 is 0 Å². The number of likely N-dealkylation sites (N-methyl/N-ethyl adjacent to an activating group) is 1. The molecule has 1 aliphatic heterocycles. The Balaban J connectivity index is 2.59. The van der Waals surface area contributed by atoms with E-state index < -0.39 is 12.2 Å². The monoisotopic (exact) mass is 179 g/mol. The molecule has 0 aromatic heterocycles. The molecule has 0 saturated carbocycles. The zero-order valence-electron chi connectivity index (χ0n) is 7.68. The Labute approximate surface area is 71.5 Å². The van der Waals surface area contributed by atoms with Crippen molar-refractivity contribution in [3.8, 4) is 0 Å². The quantitative estimate of drug-likeness (QED) is 0.639. The van der Waals surface area contributed by atoms with Crippen LogP contribution in [0.3, 0.4) is 0 Å². The van der Waals surface area contributed by atoms with E-state index in [1.165, 1.54) is 0 Å². The van der Waals surface area contributed by atoms with E-state index in [4.69, 9.17) is 0 Å². The second-order valence-electron chi connectivity index (χ2n) is 3.60. The van der Waals surface area contributed by atoms with Crippen molar-refractivity contribution in [3.05, 3.63) is 0 Å². The van der Waals surface area contributed by atoms with Gasteiger partial charge in [-0.1, -0.05) is 0 Å². The van der Waals surface area contributed by atoms with E-state index in [1.807, 2.05) is 18.9 Å². The predicted octanol–water partition coefficient (Wildman–Crippen LogP) is 1.71. The molecule has 4 heteroatoms. The molecule has 1 saturated heterocycles. The molecule has 0 N–H and O–H groups in total. The van der Waals surface area contributed by atoms with Gasteiger partial charge in [-0.3, -0.25) is 0 Å². The Kier molecular flexibility index (Phi) is 2.68. The number of hydrogen-bond donors (Lipinski definition) is 0. The fourth-order valence-electron chi connectivity index (χ4n) is 1.63. The summed E-state index contributed by atoms with van der Waals surface area (Å²) in [5.74, 6) is 0. The van der Waals surface area contributed by atoms with Gasteiger partial charge in [0.2, 0.25) is 0 Å². The summed E-state index contributed by atoms with van der Waals surface area (Å²) in [6.07, 6.45) is 0.676. The van der Waals surface area contributed by atoms with E-state index >= 15 is 0 Å². The van der Waals surface area contributed by atoms with Crippen LogP contribution < -0.4 is 0 Å². The topological polar surface area (TPSA) is 12.5 Å². The minimum absolute atomic E-state index is 0.0616. The number of ether oxygens (including phenoxy) is 1. The van der Waals surface area contributed by atoms with Crippen molar-refractivity contribution in [1.29, 1.82) is 0 Å². The van der Waals surface area contributed by atoms with Gasteiger partial charge in [0, 0.05) is 12.6 Å². The summed E-state index contributed by atoms with van der Waals surface area (Å²) in [6.45, 7) is 1.82. The summed E-state index contributed by atoms with van der Waals surface area (Å²) >= 11 is 0. The van der Waals surface area contributed by atoms with Crippen LogP contribution in [0.5, 0.6) is 0 Å². The van der Waals surface area contributed by atoms with Crippen LogP contribution in [0.15, 0.2) is 0 Å². The Morgan fingerprint density at radius 2 is 2.17 bits per heavy atom. The van der Waals surface area contributed by atoms with Crippen molar-refractivity contribution in [1.82, 2.24) is 4.90 Å². The first-order valence-corrected chi connectivity index (χ1v) is 4.12. The SMILES string of the molecule is CC1N(C)CCC1(C)OC(F)F. The van der Waals surface area contributed by atoms with Crippen LogP contribution in [0.1, 0.15) is 20.3 Å². The van der Waals surface area contributed by atoms with Crippen LogP contribution in [0.25, 0.3) is 0 Å². The average Bonchev–Trinajstić information content (AvgIpc) is 2.16. The molecular formula is C8H15F2NO. The maximum Gasteiger partial charge on any atom is 0.345 e. The Morgan fingerprint density at radius 1 is 1.58 bits per heavy atom. The molecule has 0 aliphatic carbocycles. The molecule has 0 bridgehead atoms. The summed E-state index contributed by atoms with van der Waals surface area (Å²) in [4.78, 5) is 2.03. The summed E-state index contributed by atoms with van der Waals surface area (Å²) < 4.78 is 28.6. The van der Waals surface area contributed by atoms with E-state index in [-0.39, 0.29) is 6.04 Å². The molecule has 0 aromatic rings. The Hall–Kier alpha value is -0.220. The molecule has 2 nitrogen and oxygen atoms in total. The van der Waals surface area contributed by atoms with Crippen molar-refractivity contribution >= 4 is 0 Å². The molecule has 72 valence electrons. The molecular weight excluding hydrogens is 164 g/mol. The maximum absolute atomic E-state index is 12.0. The largest absolute Gasteiger partial charge is 0.345 e. The standard InChI is InChI=1S/C8H15F2NO/c1-6-8(2,12-7(9)10)4-5-11(6)3/h6-7H,4-5H2,1-3H3. The zero-order valence-corrected chi connectivity index (χ0v) is 7.68. The number of rotatable bonds is 2. The number of nitrogens with zero attached hydrogens (tertiary/aromatic N) is 1. The second kappa shape index (κ2) is 3.26. The number of halogens is 2. The molecule has 0 aromatic carbocycles. The van der Waals surface area contributed by atoms with Gasteiger partial charge in [0.25, 0.3) is 0 Å². The van der Waals surface area contributed by atoms with E-state index in [0.29, 0.717) is 6.42 Å². The third-order valence-electron chi connectivity index (χ3n) is 2.86. The molecule has 0 radical (unpaired) electrons. The van der Waals surface area contributed by atoms with Crippen LogP contribution in [0, 0.1) is 0 Å². The summed E-state index contributed by atoms with van der Waals surface area (Å²) in [6, 6.07) is 0.0616. The highest BCUT2D eigenvalue weighted by Gasteiger charge is 2.42. The van der Waals surface area contributed by atoms with Crippen LogP contribution in [-0.2, 0) is 4.74 Å². The normalized spacial score (nSPS) is 38.0. The average molecular weight is 179 g/mol. The molecule has 2 atom stereocenters. The third kappa shape index (κ3) is 1.75. The Bertz CT molecular complexity index is 165. The lowest BCUT2D eigenvalue weighted by Crippen LogP contribution is -2.42. The summed E-state index contributed by atoms with van der Waals surface area (Å²) in [5, 5.41) is 0. The lowest BCUT2D eigenvalue weighted by Gasteiger charge is -2.30. The fourth-order valence-corrected chi connectivity index (χ4v) is 1.63. The minimum Gasteiger partial charge on any atom is -0.315 e. The van der Waals surface area contributed by atoms with Crippen LogP contribution in [-0.4, -0.2) is 36.7 Å². The molecule has 1 heterocycles. The predicted molar refractivity (Wildman–Crippen MR) is 42.2 cm³/mol. The van der Waals surface area contributed by atoms with Crippen LogP contribution in [0.2, 0.25) is 0 Å². The van der Waals surface area contributed by atoms with Crippen molar-refractivity contribution in [2.45, 2.75) is 38.5 Å². The van der Waals surface area contributed by atoms with E-state index in [0.717, 1.165) is 6.54 Å². The maximum atomic E-state index is 12.0. The van der Waals surface area contributed by atoms with Gasteiger partial charge in [0.1, 0.15) is 0 Å². The number of alkyl halides is 2. The third-order valence-corrected chi connectivity index (χ3v) is 2.86. The molecule has 2 unspecified atom stereocenters. The van der Waals surface area contributed by atoms with Gasteiger partial charge in [-0.2, -0.15) is 8.78 Å². The lowest BCUT2D eigenvalue weighted by atomic mass is 9.98. The second-order valence-corrected chi connectivity index (χ2v) is 3.60. The van der Waals surface area contributed by atoms with E-state index in [2.05, 4.69) is 4.74 Å². The van der Waals surface area contributed by atoms with Gasteiger partial charge in [-0.05, 0) is 27.3 Å². The van der Waals surface area contributed by atoms with Crippen LogP contribution in [0.4, 0.5) is 8.78 Å². The molecule has 0 spiro atoms. The van der Waals surface area contributed by atoms with Crippen molar-refractivity contribution in [2.24, 2.45) is 0 Å². The van der Waals surface area contributed by atoms with Crippen molar-refractivity contribution in [3.63, 3.8) is 0 Å². The fraction of sp³-hybridized carbons (Fsp3) is 1.00. The first-order chi connectivity index (χ1) is 5.46. The highest BCUT2D eigenvalue weighted by Crippen LogP contribution is 2.31. The highest BCUT2D eigenvalue weighted by molar-refractivity contribution is 4.94. The smallest absolute Gasteiger partial charge is 0.315 e. The van der Waals surface area contributed by atoms with Crippen molar-refractivity contribution in [2.75, 3.05) is 13.6 Å². The summed E-state index contributed by atoms with van der Waals surface area (Å²) in [5.41, 5.74) is -0.678. The van der Waals surface area contributed by atoms with Gasteiger partial charge in [-0.15, -0.1) is 0 Å². The number of hydrogen-bond acceptors (Lipinski definition) is 2. The molecule has 1 fully saturated rings. The van der Waals surface area contributed by atoms with Gasteiger partial charge in [0.15, 0.2) is 0 Å². The molecule has 1 aliphatic rings. The number of likely N-dealkylation sites (tertiary alicyclic amines) is 1. The Morgan fingerprint density at radius 3 is 2.50 bits per heavy atom. The first kappa shape index (κ1) is 9.86. The highest BCUT2D eigenvalue weighted by atomic mass is 19.3. The molecule has 0 amide bonds. The van der Waals surface area contributed by atoms with E-state index in [1.54, 1.807) is 6.92 Å². The van der Waals surface area contributed by atoms with Gasteiger partial charge in [-0.25, -0.2) is 0 Å². The molecule has 1 rings (SSSR count). The molecule has 12 heavy (non-hydrogen) atoms. The minimum atomic E-state index is -2.66. The summed E-state index contributed by atoms with van der Waals surface area (Å²) in [7, 11) is 1.92. The van der Waals surface area contributed by atoms with Gasteiger partial charge >= 0.3 is 6.61 Å². The zero-order chi connectivity index (χ0) is 9.35. The first-order valence-electron chi connectivity index (χ1n) is 4.12. The van der Waals surface area contributed by atoms with E-state index in [9.17, 15) is 8.78 Å². The van der Waals surface area contributed by atoms with Gasteiger partial charge < -0.3 is 9.64 Å². The van der Waals surface area contributed by atoms with Crippen molar-refractivity contribution < 1.29 is 13.5 Å².